The number of ether oxygens (including phenoxy) is 1. The molecule has 0 fully saturated rings. The molecule has 6 heteroatoms. The molecule has 0 aromatic carbocycles. The number of esters is 1. The van der Waals surface area contributed by atoms with E-state index in [1.807, 2.05) is 0 Å². The molecule has 0 bridgehead atoms. The summed E-state index contributed by atoms with van der Waals surface area (Å²) in [5.74, 6) is -1.36. The molecule has 0 heterocycles. The van der Waals surface area contributed by atoms with Crippen LogP contribution in [-0.4, -0.2) is 32.3 Å². The molecule has 5 nitrogen and oxygen atoms in total. The van der Waals surface area contributed by atoms with Crippen molar-refractivity contribution in [3.05, 3.63) is 0 Å². The summed E-state index contributed by atoms with van der Waals surface area (Å²) in [5.41, 5.74) is -0.654. The average Bonchev–Trinajstić information content (AvgIpc) is 1.78. The van der Waals surface area contributed by atoms with Crippen LogP contribution in [0.15, 0.2) is 0 Å². The van der Waals surface area contributed by atoms with Crippen LogP contribution in [0, 0.1) is 0 Å². The molecule has 0 aliphatic rings. The van der Waals surface area contributed by atoms with Gasteiger partial charge in [0.2, 0.25) is 10.0 Å². The summed E-state index contributed by atoms with van der Waals surface area (Å²) in [6, 6.07) is 0. The fourth-order valence-electron chi connectivity index (χ4n) is 0.797. The largest absolute Gasteiger partial charge is 0.459 e. The van der Waals surface area contributed by atoms with E-state index < -0.39 is 27.3 Å². The number of carbonyl (C=O) groups excluding carboxylic acids is 1. The predicted molar refractivity (Wildman–Crippen MR) is 53.3 cm³/mol. The third-order valence-corrected chi connectivity index (χ3v) is 2.44. The third-order valence-electron chi connectivity index (χ3n) is 1.09. The molecule has 0 radical (unpaired) electrons. The lowest BCUT2D eigenvalue weighted by molar-refractivity contribution is -0.151. The van der Waals surface area contributed by atoms with Gasteiger partial charge in [0.05, 0.1) is 0 Å². The Bertz CT molecular complexity index is 289. The zero-order valence-electron chi connectivity index (χ0n) is 8.96. The first-order valence-electron chi connectivity index (χ1n) is 4.35. The summed E-state index contributed by atoms with van der Waals surface area (Å²) in [6.45, 7) is 6.97. The van der Waals surface area contributed by atoms with Gasteiger partial charge in [0.25, 0.3) is 0 Å². The summed E-state index contributed by atoms with van der Waals surface area (Å²) < 4.78 is 29.3. The van der Waals surface area contributed by atoms with E-state index in [1.165, 1.54) is 0 Å². The van der Waals surface area contributed by atoms with Crippen LogP contribution >= 0.6 is 0 Å². The zero-order valence-corrected chi connectivity index (χ0v) is 9.77. The smallest absolute Gasteiger partial charge is 0.323 e. The van der Waals surface area contributed by atoms with Crippen molar-refractivity contribution in [3.63, 3.8) is 0 Å². The molecule has 0 aliphatic carbocycles. The molecule has 0 aromatic heterocycles. The van der Waals surface area contributed by atoms with Gasteiger partial charge in [-0.1, -0.05) is 6.92 Å². The minimum absolute atomic E-state index is 0.269. The van der Waals surface area contributed by atoms with Crippen LogP contribution in [0.4, 0.5) is 0 Å². The van der Waals surface area contributed by atoms with Crippen LogP contribution in [0.25, 0.3) is 0 Å². The number of hydrogen-bond acceptors (Lipinski definition) is 4. The maximum Gasteiger partial charge on any atom is 0.323 e. The predicted octanol–water partition coefficient (Wildman–Crippen LogP) is 0.267. The van der Waals surface area contributed by atoms with Gasteiger partial charge >= 0.3 is 5.97 Å². The average molecular weight is 223 g/mol. The van der Waals surface area contributed by atoms with E-state index in [0.717, 1.165) is 0 Å². The molecule has 0 aromatic rings. The summed E-state index contributed by atoms with van der Waals surface area (Å²) in [4.78, 5) is 11.1. The normalized spacial score (nSPS) is 12.6. The summed E-state index contributed by atoms with van der Waals surface area (Å²) in [7, 11) is -3.53. The van der Waals surface area contributed by atoms with Crippen LogP contribution in [0.5, 0.6) is 0 Å². The topological polar surface area (TPSA) is 72.5 Å². The maximum atomic E-state index is 11.1. The van der Waals surface area contributed by atoms with Crippen molar-refractivity contribution < 1.29 is 17.9 Å². The van der Waals surface area contributed by atoms with E-state index in [-0.39, 0.29) is 6.54 Å². The highest BCUT2D eigenvalue weighted by Crippen LogP contribution is 2.07. The van der Waals surface area contributed by atoms with Gasteiger partial charge in [-0.05, 0) is 20.8 Å². The molecule has 0 rings (SSSR count). The van der Waals surface area contributed by atoms with Gasteiger partial charge in [-0.25, -0.2) is 13.1 Å². The van der Waals surface area contributed by atoms with E-state index in [2.05, 4.69) is 4.72 Å². The second kappa shape index (κ2) is 4.75. The Hall–Kier alpha value is -0.620. The Kier molecular flexibility index (Phi) is 4.54. The Morgan fingerprint density at radius 3 is 2.21 bits per heavy atom. The standard InChI is InChI=1S/C8H17NO4S/c1-5-9-14(11,12)6-7(10)13-8(2,3)4/h9H,5-6H2,1-4H3. The number of nitrogens with one attached hydrogen (secondary N) is 1. The molecular weight excluding hydrogens is 206 g/mol. The van der Waals surface area contributed by atoms with Crippen molar-refractivity contribution in [2.75, 3.05) is 12.3 Å². The minimum Gasteiger partial charge on any atom is -0.459 e. The molecule has 14 heavy (non-hydrogen) atoms. The van der Waals surface area contributed by atoms with Gasteiger partial charge < -0.3 is 4.74 Å². The van der Waals surface area contributed by atoms with Crippen LogP contribution < -0.4 is 4.72 Å². The summed E-state index contributed by atoms with van der Waals surface area (Å²) in [6.07, 6.45) is 0. The van der Waals surface area contributed by atoms with Gasteiger partial charge in [0.15, 0.2) is 5.75 Å². The van der Waals surface area contributed by atoms with E-state index in [9.17, 15) is 13.2 Å². The lowest BCUT2D eigenvalue weighted by atomic mass is 10.2. The van der Waals surface area contributed by atoms with Crippen LogP contribution in [0.1, 0.15) is 27.7 Å². The van der Waals surface area contributed by atoms with Gasteiger partial charge in [-0.15, -0.1) is 0 Å². The number of carbonyl (C=O) groups is 1. The van der Waals surface area contributed by atoms with Crippen molar-refractivity contribution in [3.8, 4) is 0 Å². The van der Waals surface area contributed by atoms with Crippen LogP contribution in [-0.2, 0) is 19.6 Å². The molecular formula is C8H17NO4S. The summed E-state index contributed by atoms with van der Waals surface area (Å²) >= 11 is 0. The van der Waals surface area contributed by atoms with Crippen molar-refractivity contribution in [2.45, 2.75) is 33.3 Å². The molecule has 1 N–H and O–H groups in total. The van der Waals surface area contributed by atoms with Crippen molar-refractivity contribution in [1.82, 2.24) is 4.72 Å². The molecule has 0 saturated heterocycles. The van der Waals surface area contributed by atoms with E-state index in [0.29, 0.717) is 0 Å². The highest BCUT2D eigenvalue weighted by molar-refractivity contribution is 7.90. The first-order chi connectivity index (χ1) is 6.16. The highest BCUT2D eigenvalue weighted by Gasteiger charge is 2.21. The van der Waals surface area contributed by atoms with Crippen molar-refractivity contribution in [1.29, 1.82) is 0 Å². The molecule has 84 valence electrons. The SMILES string of the molecule is CCNS(=O)(=O)CC(=O)OC(C)(C)C. The Balaban J connectivity index is 4.21. The highest BCUT2D eigenvalue weighted by atomic mass is 32.2. The first-order valence-corrected chi connectivity index (χ1v) is 6.00. The molecule has 0 spiro atoms. The Morgan fingerprint density at radius 2 is 1.86 bits per heavy atom. The van der Waals surface area contributed by atoms with Crippen molar-refractivity contribution >= 4 is 16.0 Å². The quantitative estimate of drug-likeness (QED) is 0.694. The second-order valence-electron chi connectivity index (χ2n) is 3.84. The first kappa shape index (κ1) is 13.4. The fraction of sp³-hybridized carbons (Fsp3) is 0.875. The molecule has 0 amide bonds. The van der Waals surface area contributed by atoms with Crippen LogP contribution in [0.2, 0.25) is 0 Å². The lowest BCUT2D eigenvalue weighted by Gasteiger charge is -2.19. The maximum absolute atomic E-state index is 11.1. The third kappa shape index (κ3) is 6.85. The van der Waals surface area contributed by atoms with Gasteiger partial charge in [0, 0.05) is 6.54 Å². The van der Waals surface area contributed by atoms with Crippen LogP contribution in [0.3, 0.4) is 0 Å². The fourth-order valence-corrected chi connectivity index (χ4v) is 1.71. The van der Waals surface area contributed by atoms with E-state index >= 15 is 0 Å². The number of hydrogen-bond donors (Lipinski definition) is 1. The minimum atomic E-state index is -3.53. The van der Waals surface area contributed by atoms with Gasteiger partial charge in [0.1, 0.15) is 5.60 Å². The molecule has 0 saturated carbocycles. The second-order valence-corrected chi connectivity index (χ2v) is 5.65. The molecule has 0 unspecified atom stereocenters. The lowest BCUT2D eigenvalue weighted by Crippen LogP contribution is -2.34. The summed E-state index contributed by atoms with van der Waals surface area (Å²) in [5, 5.41) is 0. The monoisotopic (exact) mass is 223 g/mol. The Labute approximate surface area is 84.9 Å². The Morgan fingerprint density at radius 1 is 1.36 bits per heavy atom. The van der Waals surface area contributed by atoms with Gasteiger partial charge in [-0.2, -0.15) is 0 Å². The van der Waals surface area contributed by atoms with E-state index in [1.54, 1.807) is 27.7 Å². The number of sulfonamides is 1. The van der Waals surface area contributed by atoms with Crippen molar-refractivity contribution in [2.24, 2.45) is 0 Å². The van der Waals surface area contributed by atoms with Gasteiger partial charge in [-0.3, -0.25) is 4.79 Å². The molecule has 0 atom stereocenters. The zero-order chi connectivity index (χ0) is 11.4. The van der Waals surface area contributed by atoms with E-state index in [4.69, 9.17) is 4.74 Å². The molecule has 0 aliphatic heterocycles. The number of rotatable bonds is 4.